The molecule has 0 amide bonds. The third kappa shape index (κ3) is 5.66. The Kier molecular flexibility index (Phi) is 7.78. The van der Waals surface area contributed by atoms with Crippen molar-refractivity contribution in [3.63, 3.8) is 0 Å². The monoisotopic (exact) mass is 362 g/mol. The summed E-state index contributed by atoms with van der Waals surface area (Å²) in [6, 6.07) is 5.53. The molecule has 26 heavy (non-hydrogen) atoms. The number of esters is 1. The van der Waals surface area contributed by atoms with Crippen molar-refractivity contribution in [2.24, 2.45) is 0 Å². The minimum absolute atomic E-state index is 0.332. The first-order valence-corrected chi connectivity index (χ1v) is 9.14. The number of methoxy groups -OCH3 is 1. The molecule has 6 nitrogen and oxygen atoms in total. The smallest absolute Gasteiger partial charge is 0.340 e. The van der Waals surface area contributed by atoms with E-state index in [0.717, 1.165) is 25.2 Å². The second-order valence-electron chi connectivity index (χ2n) is 6.49. The zero-order valence-corrected chi connectivity index (χ0v) is 16.3. The van der Waals surface area contributed by atoms with Gasteiger partial charge in [-0.1, -0.05) is 6.07 Å². The van der Waals surface area contributed by atoms with Crippen LogP contribution in [0.3, 0.4) is 0 Å². The molecule has 0 unspecified atom stereocenters. The number of rotatable bonds is 9. The van der Waals surface area contributed by atoms with Crippen LogP contribution >= 0.6 is 0 Å². The fraction of sp³-hybridized carbons (Fsp3) is 0.550. The predicted octanol–water partition coefficient (Wildman–Crippen LogP) is 2.64. The summed E-state index contributed by atoms with van der Waals surface area (Å²) in [4.78, 5) is 16.5. The molecular weight excluding hydrogens is 332 g/mol. The van der Waals surface area contributed by atoms with Crippen LogP contribution in [-0.4, -0.2) is 69.8 Å². The molecule has 0 aromatic heterocycles. The van der Waals surface area contributed by atoms with Gasteiger partial charge in [-0.3, -0.25) is 4.90 Å². The van der Waals surface area contributed by atoms with Crippen molar-refractivity contribution < 1.29 is 19.0 Å². The molecule has 144 valence electrons. The van der Waals surface area contributed by atoms with E-state index in [0.29, 0.717) is 30.3 Å². The maximum Gasteiger partial charge on any atom is 0.340 e. The summed E-state index contributed by atoms with van der Waals surface area (Å²) in [5.41, 5.74) is 1.22. The lowest BCUT2D eigenvalue weighted by molar-refractivity contribution is -0.136. The molecule has 0 bridgehead atoms. The first kappa shape index (κ1) is 20.1. The Morgan fingerprint density at radius 3 is 2.58 bits per heavy atom. The van der Waals surface area contributed by atoms with E-state index in [-0.39, 0.29) is 5.97 Å². The molecule has 0 saturated carbocycles. The van der Waals surface area contributed by atoms with E-state index in [2.05, 4.69) is 4.90 Å². The summed E-state index contributed by atoms with van der Waals surface area (Å²) in [7, 11) is 5.34. The van der Waals surface area contributed by atoms with Gasteiger partial charge in [-0.2, -0.15) is 0 Å². The van der Waals surface area contributed by atoms with Gasteiger partial charge in [0.15, 0.2) is 11.5 Å². The molecule has 1 fully saturated rings. The van der Waals surface area contributed by atoms with Gasteiger partial charge in [0.25, 0.3) is 0 Å². The van der Waals surface area contributed by atoms with Crippen LogP contribution < -0.4 is 9.47 Å². The highest BCUT2D eigenvalue weighted by Gasteiger charge is 2.17. The van der Waals surface area contributed by atoms with Crippen LogP contribution in [-0.2, 0) is 9.53 Å². The fourth-order valence-corrected chi connectivity index (χ4v) is 2.96. The second kappa shape index (κ2) is 10.1. The van der Waals surface area contributed by atoms with Crippen molar-refractivity contribution in [2.45, 2.75) is 19.8 Å². The SMILES string of the molecule is CCOC(=O)/C(=C/N(C)C)c1ccc(OCCN2CCCC2)c(OC)c1. The second-order valence-corrected chi connectivity index (χ2v) is 6.49. The van der Waals surface area contributed by atoms with Crippen molar-refractivity contribution in [2.75, 3.05) is 54.1 Å². The number of ether oxygens (including phenoxy) is 3. The zero-order chi connectivity index (χ0) is 18.9. The Morgan fingerprint density at radius 2 is 1.96 bits per heavy atom. The fourth-order valence-electron chi connectivity index (χ4n) is 2.96. The molecule has 1 saturated heterocycles. The van der Waals surface area contributed by atoms with Crippen LogP contribution in [0, 0.1) is 0 Å². The van der Waals surface area contributed by atoms with Gasteiger partial charge < -0.3 is 19.1 Å². The van der Waals surface area contributed by atoms with Crippen LogP contribution in [0.4, 0.5) is 0 Å². The topological polar surface area (TPSA) is 51.2 Å². The van der Waals surface area contributed by atoms with Gasteiger partial charge in [-0.15, -0.1) is 0 Å². The van der Waals surface area contributed by atoms with Gasteiger partial charge in [-0.25, -0.2) is 4.79 Å². The summed E-state index contributed by atoms with van der Waals surface area (Å²) in [6.07, 6.45) is 4.29. The Labute approximate surface area is 156 Å². The van der Waals surface area contributed by atoms with E-state index in [9.17, 15) is 4.79 Å². The van der Waals surface area contributed by atoms with Crippen molar-refractivity contribution >= 4 is 11.5 Å². The minimum Gasteiger partial charge on any atom is -0.493 e. The number of carbonyl (C=O) groups is 1. The van der Waals surface area contributed by atoms with E-state index in [1.165, 1.54) is 12.8 Å². The highest BCUT2D eigenvalue weighted by molar-refractivity contribution is 6.16. The molecule has 1 aromatic carbocycles. The highest BCUT2D eigenvalue weighted by atomic mass is 16.5. The average molecular weight is 362 g/mol. The van der Waals surface area contributed by atoms with Crippen LogP contribution in [0.5, 0.6) is 11.5 Å². The molecule has 0 radical (unpaired) electrons. The molecule has 2 rings (SSSR count). The highest BCUT2D eigenvalue weighted by Crippen LogP contribution is 2.31. The van der Waals surface area contributed by atoms with Crippen molar-refractivity contribution in [1.82, 2.24) is 9.80 Å². The molecule has 1 aliphatic heterocycles. The predicted molar refractivity (Wildman–Crippen MR) is 102 cm³/mol. The maximum absolute atomic E-state index is 12.3. The number of nitrogens with zero attached hydrogens (tertiary/aromatic N) is 2. The average Bonchev–Trinajstić information content (AvgIpc) is 3.13. The molecule has 1 heterocycles. The third-order valence-corrected chi connectivity index (χ3v) is 4.22. The van der Waals surface area contributed by atoms with Gasteiger partial charge >= 0.3 is 5.97 Å². The molecule has 0 N–H and O–H groups in total. The zero-order valence-electron chi connectivity index (χ0n) is 16.3. The molecule has 1 aromatic rings. The summed E-state index contributed by atoms with van der Waals surface area (Å²) in [5.74, 6) is 0.937. The normalized spacial score (nSPS) is 15.0. The lowest BCUT2D eigenvalue weighted by Gasteiger charge is -2.17. The summed E-state index contributed by atoms with van der Waals surface area (Å²) < 4.78 is 16.5. The Morgan fingerprint density at radius 1 is 1.23 bits per heavy atom. The van der Waals surface area contributed by atoms with Crippen LogP contribution in [0.1, 0.15) is 25.3 Å². The first-order valence-electron chi connectivity index (χ1n) is 9.14. The largest absolute Gasteiger partial charge is 0.493 e. The van der Waals surface area contributed by atoms with E-state index in [1.807, 2.05) is 37.2 Å². The number of carbonyl (C=O) groups excluding carboxylic acids is 1. The number of hydrogen-bond donors (Lipinski definition) is 0. The van der Waals surface area contributed by atoms with Crippen LogP contribution in [0.15, 0.2) is 24.4 Å². The Balaban J connectivity index is 2.12. The first-order chi connectivity index (χ1) is 12.5. The van der Waals surface area contributed by atoms with Gasteiger partial charge in [0.2, 0.25) is 0 Å². The molecule has 0 aliphatic carbocycles. The van der Waals surface area contributed by atoms with E-state index in [1.54, 1.807) is 20.2 Å². The lowest BCUT2D eigenvalue weighted by Crippen LogP contribution is -2.25. The van der Waals surface area contributed by atoms with E-state index in [4.69, 9.17) is 14.2 Å². The van der Waals surface area contributed by atoms with E-state index < -0.39 is 0 Å². The van der Waals surface area contributed by atoms with Crippen molar-refractivity contribution in [3.05, 3.63) is 30.0 Å². The molecule has 0 atom stereocenters. The molecular formula is C20H30N2O4. The summed E-state index contributed by atoms with van der Waals surface area (Å²) in [5, 5.41) is 0. The van der Waals surface area contributed by atoms with Gasteiger partial charge in [0.1, 0.15) is 6.61 Å². The quantitative estimate of drug-likeness (QED) is 0.497. The molecule has 1 aliphatic rings. The maximum atomic E-state index is 12.3. The Bertz CT molecular complexity index is 622. The van der Waals surface area contributed by atoms with Crippen molar-refractivity contribution in [1.29, 1.82) is 0 Å². The molecule has 6 heteroatoms. The van der Waals surface area contributed by atoms with E-state index >= 15 is 0 Å². The number of likely N-dealkylation sites (tertiary alicyclic amines) is 1. The van der Waals surface area contributed by atoms with Crippen LogP contribution in [0.25, 0.3) is 5.57 Å². The standard InChI is InChI=1S/C20H30N2O4/c1-5-25-20(23)17(15-21(2)3)16-8-9-18(19(14-16)24-4)26-13-12-22-10-6-7-11-22/h8-9,14-15H,5-7,10-13H2,1-4H3/b17-15+. The third-order valence-electron chi connectivity index (χ3n) is 4.22. The minimum atomic E-state index is -0.356. The number of benzene rings is 1. The van der Waals surface area contributed by atoms with Crippen LogP contribution in [0.2, 0.25) is 0 Å². The van der Waals surface area contributed by atoms with Gasteiger partial charge in [-0.05, 0) is 50.6 Å². The summed E-state index contributed by atoms with van der Waals surface area (Å²) >= 11 is 0. The lowest BCUT2D eigenvalue weighted by atomic mass is 10.1. The van der Waals surface area contributed by atoms with Crippen molar-refractivity contribution in [3.8, 4) is 11.5 Å². The Hall–Kier alpha value is -2.21. The molecule has 0 spiro atoms. The van der Waals surface area contributed by atoms with Gasteiger partial charge in [0.05, 0.1) is 19.3 Å². The van der Waals surface area contributed by atoms with Gasteiger partial charge in [0, 0.05) is 26.8 Å². The summed E-state index contributed by atoms with van der Waals surface area (Å²) in [6.45, 7) is 5.96. The number of hydrogen-bond acceptors (Lipinski definition) is 6.